The molecular weight excluding hydrogens is 241 g/mol. The summed E-state index contributed by atoms with van der Waals surface area (Å²) in [7, 11) is 0. The van der Waals surface area contributed by atoms with Crippen molar-refractivity contribution < 1.29 is 0 Å². The van der Waals surface area contributed by atoms with Crippen LogP contribution in [-0.4, -0.2) is 24.5 Å². The molecule has 1 nitrogen and oxygen atoms in total. The van der Waals surface area contributed by atoms with E-state index in [4.69, 9.17) is 23.2 Å². The van der Waals surface area contributed by atoms with Crippen molar-refractivity contribution >= 4 is 23.2 Å². The zero-order valence-corrected chi connectivity index (χ0v) is 11.3. The lowest BCUT2D eigenvalue weighted by atomic mass is 9.95. The molecule has 0 N–H and O–H groups in total. The van der Waals surface area contributed by atoms with Gasteiger partial charge in [0.2, 0.25) is 0 Å². The van der Waals surface area contributed by atoms with Crippen molar-refractivity contribution in [2.45, 2.75) is 26.2 Å². The first-order chi connectivity index (χ1) is 7.65. The number of likely N-dealkylation sites (tertiary alicyclic amines) is 1. The summed E-state index contributed by atoms with van der Waals surface area (Å²) in [6.45, 7) is 5.95. The largest absolute Gasteiger partial charge is 0.303 e. The topological polar surface area (TPSA) is 3.24 Å². The summed E-state index contributed by atoms with van der Waals surface area (Å²) in [5.41, 5.74) is 0. The van der Waals surface area contributed by atoms with Crippen LogP contribution in [0.5, 0.6) is 0 Å². The Bertz CT molecular complexity index is 301. The molecule has 1 unspecified atom stereocenters. The van der Waals surface area contributed by atoms with Crippen LogP contribution in [-0.2, 0) is 0 Å². The van der Waals surface area contributed by atoms with Crippen LogP contribution in [0.2, 0.25) is 0 Å². The second kappa shape index (κ2) is 5.57. The maximum atomic E-state index is 6.05. The van der Waals surface area contributed by atoms with Crippen molar-refractivity contribution in [3.8, 4) is 0 Å². The molecule has 1 saturated heterocycles. The lowest BCUT2D eigenvalue weighted by Crippen LogP contribution is -2.36. The SMILES string of the molecule is CC1CCN(CC2C=C(Cl)C(Cl)=CC2)CC1. The zero-order chi connectivity index (χ0) is 11.5. The molecule has 1 fully saturated rings. The van der Waals surface area contributed by atoms with E-state index in [2.05, 4.69) is 17.9 Å². The van der Waals surface area contributed by atoms with Gasteiger partial charge in [0, 0.05) is 6.54 Å². The van der Waals surface area contributed by atoms with Gasteiger partial charge in [-0.15, -0.1) is 0 Å². The molecule has 1 aliphatic carbocycles. The highest BCUT2D eigenvalue weighted by molar-refractivity contribution is 6.44. The molecule has 0 aromatic carbocycles. The van der Waals surface area contributed by atoms with Gasteiger partial charge in [-0.3, -0.25) is 0 Å². The first-order valence-corrected chi connectivity index (χ1v) is 6.86. The Kier molecular flexibility index (Phi) is 4.34. The van der Waals surface area contributed by atoms with Gasteiger partial charge in [-0.1, -0.05) is 42.3 Å². The van der Waals surface area contributed by atoms with E-state index in [1.807, 2.05) is 6.08 Å². The van der Waals surface area contributed by atoms with Crippen LogP contribution in [0, 0.1) is 11.8 Å². The van der Waals surface area contributed by atoms with Crippen LogP contribution < -0.4 is 0 Å². The summed E-state index contributed by atoms with van der Waals surface area (Å²) >= 11 is 12.0. The molecule has 16 heavy (non-hydrogen) atoms. The van der Waals surface area contributed by atoms with Gasteiger partial charge in [-0.2, -0.15) is 0 Å². The molecule has 3 heteroatoms. The molecule has 2 aliphatic rings. The first kappa shape index (κ1) is 12.5. The van der Waals surface area contributed by atoms with Crippen LogP contribution in [0.1, 0.15) is 26.2 Å². The number of nitrogens with zero attached hydrogens (tertiary/aromatic N) is 1. The van der Waals surface area contributed by atoms with Gasteiger partial charge in [-0.25, -0.2) is 0 Å². The highest BCUT2D eigenvalue weighted by Gasteiger charge is 2.20. The number of hydrogen-bond donors (Lipinski definition) is 0. The van der Waals surface area contributed by atoms with E-state index in [0.717, 1.165) is 23.9 Å². The molecule has 0 spiro atoms. The fourth-order valence-corrected chi connectivity index (χ4v) is 2.82. The summed E-state index contributed by atoms with van der Waals surface area (Å²) in [4.78, 5) is 2.55. The van der Waals surface area contributed by atoms with Crippen molar-refractivity contribution in [2.24, 2.45) is 11.8 Å². The van der Waals surface area contributed by atoms with Gasteiger partial charge in [0.25, 0.3) is 0 Å². The Morgan fingerprint density at radius 3 is 2.56 bits per heavy atom. The molecular formula is C13H19Cl2N. The number of hydrogen-bond acceptors (Lipinski definition) is 1. The second-order valence-corrected chi connectivity index (χ2v) is 5.86. The van der Waals surface area contributed by atoms with Crippen LogP contribution in [0.15, 0.2) is 22.2 Å². The molecule has 0 aromatic rings. The lowest BCUT2D eigenvalue weighted by Gasteiger charge is -2.32. The predicted octanol–water partition coefficient (Wildman–Crippen LogP) is 3.98. The van der Waals surface area contributed by atoms with Crippen LogP contribution in [0.25, 0.3) is 0 Å². The molecule has 0 aromatic heterocycles. The van der Waals surface area contributed by atoms with E-state index in [9.17, 15) is 0 Å². The standard InChI is InChI=1S/C13H19Cl2N/c1-10-4-6-16(7-5-10)9-11-2-3-12(14)13(15)8-11/h3,8,10-11H,2,4-7,9H2,1H3. The van der Waals surface area contributed by atoms with E-state index in [-0.39, 0.29) is 0 Å². The number of allylic oxidation sites excluding steroid dienone is 3. The third-order valence-corrected chi connectivity index (χ3v) is 4.36. The lowest BCUT2D eigenvalue weighted by molar-refractivity contribution is 0.177. The first-order valence-electron chi connectivity index (χ1n) is 6.11. The number of piperidine rings is 1. The minimum absolute atomic E-state index is 0.545. The molecule has 0 saturated carbocycles. The quantitative estimate of drug-likeness (QED) is 0.725. The predicted molar refractivity (Wildman–Crippen MR) is 70.8 cm³/mol. The smallest absolute Gasteiger partial charge is 0.0552 e. The molecule has 1 atom stereocenters. The Hall–Kier alpha value is 0.0200. The van der Waals surface area contributed by atoms with E-state index < -0.39 is 0 Å². The zero-order valence-electron chi connectivity index (χ0n) is 9.76. The molecule has 90 valence electrons. The van der Waals surface area contributed by atoms with Gasteiger partial charge in [0.15, 0.2) is 0 Å². The third-order valence-electron chi connectivity index (χ3n) is 3.58. The van der Waals surface area contributed by atoms with Crippen molar-refractivity contribution in [1.29, 1.82) is 0 Å². The fraction of sp³-hybridized carbons (Fsp3) is 0.692. The average Bonchev–Trinajstić information content (AvgIpc) is 2.27. The minimum atomic E-state index is 0.545. The van der Waals surface area contributed by atoms with Crippen molar-refractivity contribution in [3.63, 3.8) is 0 Å². The summed E-state index contributed by atoms with van der Waals surface area (Å²) in [6, 6.07) is 0. The molecule has 2 rings (SSSR count). The maximum Gasteiger partial charge on any atom is 0.0552 e. The number of rotatable bonds is 2. The molecule has 1 heterocycles. The van der Waals surface area contributed by atoms with E-state index in [1.165, 1.54) is 25.9 Å². The average molecular weight is 260 g/mol. The van der Waals surface area contributed by atoms with Gasteiger partial charge >= 0.3 is 0 Å². The maximum absolute atomic E-state index is 6.05. The van der Waals surface area contributed by atoms with Gasteiger partial charge in [0.05, 0.1) is 10.1 Å². The van der Waals surface area contributed by atoms with E-state index in [1.54, 1.807) is 0 Å². The Morgan fingerprint density at radius 1 is 1.25 bits per heavy atom. The molecule has 1 aliphatic heterocycles. The fourth-order valence-electron chi connectivity index (χ4n) is 2.41. The van der Waals surface area contributed by atoms with Crippen LogP contribution in [0.4, 0.5) is 0 Å². The molecule has 0 radical (unpaired) electrons. The van der Waals surface area contributed by atoms with E-state index in [0.29, 0.717) is 11.0 Å². The Morgan fingerprint density at radius 2 is 1.94 bits per heavy atom. The molecule has 0 bridgehead atoms. The highest BCUT2D eigenvalue weighted by Crippen LogP contribution is 2.29. The van der Waals surface area contributed by atoms with Crippen LogP contribution >= 0.6 is 23.2 Å². The van der Waals surface area contributed by atoms with Crippen molar-refractivity contribution in [1.82, 2.24) is 4.90 Å². The summed E-state index contributed by atoms with van der Waals surface area (Å²) in [5.74, 6) is 1.44. The van der Waals surface area contributed by atoms with Crippen molar-refractivity contribution in [2.75, 3.05) is 19.6 Å². The van der Waals surface area contributed by atoms with Gasteiger partial charge in [0.1, 0.15) is 0 Å². The number of halogens is 2. The van der Waals surface area contributed by atoms with E-state index >= 15 is 0 Å². The summed E-state index contributed by atoms with van der Waals surface area (Å²) in [5, 5.41) is 1.44. The van der Waals surface area contributed by atoms with Crippen molar-refractivity contribution in [3.05, 3.63) is 22.2 Å². The Labute approximate surface area is 108 Å². The summed E-state index contributed by atoms with van der Waals surface area (Å²) < 4.78 is 0. The highest BCUT2D eigenvalue weighted by atomic mass is 35.5. The van der Waals surface area contributed by atoms with Gasteiger partial charge < -0.3 is 4.90 Å². The Balaban J connectivity index is 1.83. The van der Waals surface area contributed by atoms with Crippen LogP contribution in [0.3, 0.4) is 0 Å². The third kappa shape index (κ3) is 3.26. The molecule has 0 amide bonds. The normalized spacial score (nSPS) is 28.8. The minimum Gasteiger partial charge on any atom is -0.303 e. The monoisotopic (exact) mass is 259 g/mol. The second-order valence-electron chi connectivity index (χ2n) is 5.05. The van der Waals surface area contributed by atoms with Gasteiger partial charge in [-0.05, 0) is 44.2 Å². The summed E-state index contributed by atoms with van der Waals surface area (Å²) in [6.07, 6.45) is 7.85.